The van der Waals surface area contributed by atoms with E-state index in [1.54, 1.807) is 0 Å². The summed E-state index contributed by atoms with van der Waals surface area (Å²) < 4.78 is 0. The van der Waals surface area contributed by atoms with Crippen LogP contribution in [0.3, 0.4) is 0 Å². The topological polar surface area (TPSA) is 43.1 Å². The molecule has 0 heterocycles. The Kier molecular flexibility index (Phi) is 3.75. The third kappa shape index (κ3) is 2.65. The molecule has 56 valence electrons. The first kappa shape index (κ1) is 9.19. The second-order valence-corrected chi connectivity index (χ2v) is 2.57. The Bertz CT molecular complexity index is 155. The SMILES string of the molecule is C#CCC(N)C(=O)C(C)C. The lowest BCUT2D eigenvalue weighted by atomic mass is 10.0. The van der Waals surface area contributed by atoms with E-state index in [0.29, 0.717) is 6.42 Å². The van der Waals surface area contributed by atoms with Crippen LogP contribution in [0.1, 0.15) is 20.3 Å². The summed E-state index contributed by atoms with van der Waals surface area (Å²) in [7, 11) is 0. The highest BCUT2D eigenvalue weighted by Crippen LogP contribution is 1.99. The second kappa shape index (κ2) is 4.08. The molecule has 0 bridgehead atoms. The Balaban J connectivity index is 3.85. The molecule has 0 aliphatic heterocycles. The number of rotatable bonds is 3. The first-order valence-electron chi connectivity index (χ1n) is 3.32. The first-order valence-corrected chi connectivity index (χ1v) is 3.32. The van der Waals surface area contributed by atoms with Gasteiger partial charge in [-0.3, -0.25) is 4.79 Å². The minimum absolute atomic E-state index is 0.0108. The number of carbonyl (C=O) groups is 1. The minimum Gasteiger partial charge on any atom is -0.321 e. The van der Waals surface area contributed by atoms with Crippen LogP contribution in [0.25, 0.3) is 0 Å². The van der Waals surface area contributed by atoms with Crippen molar-refractivity contribution in [1.29, 1.82) is 0 Å². The van der Waals surface area contributed by atoms with E-state index in [9.17, 15) is 4.79 Å². The molecule has 2 N–H and O–H groups in total. The zero-order chi connectivity index (χ0) is 8.15. The Morgan fingerprint density at radius 3 is 2.50 bits per heavy atom. The van der Waals surface area contributed by atoms with Crippen LogP contribution < -0.4 is 5.73 Å². The van der Waals surface area contributed by atoms with Crippen LogP contribution in [0.4, 0.5) is 0 Å². The minimum atomic E-state index is -0.468. The van der Waals surface area contributed by atoms with Gasteiger partial charge in [0.1, 0.15) is 0 Å². The van der Waals surface area contributed by atoms with E-state index in [-0.39, 0.29) is 11.7 Å². The Morgan fingerprint density at radius 2 is 2.20 bits per heavy atom. The van der Waals surface area contributed by atoms with Crippen molar-refractivity contribution in [1.82, 2.24) is 0 Å². The van der Waals surface area contributed by atoms with Crippen molar-refractivity contribution in [3.63, 3.8) is 0 Å². The van der Waals surface area contributed by atoms with E-state index in [2.05, 4.69) is 5.92 Å². The molecule has 0 aliphatic carbocycles. The lowest BCUT2D eigenvalue weighted by Crippen LogP contribution is -2.33. The molecule has 0 spiro atoms. The van der Waals surface area contributed by atoms with Crippen molar-refractivity contribution in [3.8, 4) is 12.3 Å². The summed E-state index contributed by atoms with van der Waals surface area (Å²) in [6.45, 7) is 3.64. The highest BCUT2D eigenvalue weighted by Gasteiger charge is 2.14. The van der Waals surface area contributed by atoms with Crippen LogP contribution in [0.5, 0.6) is 0 Å². The molecule has 0 saturated heterocycles. The largest absolute Gasteiger partial charge is 0.321 e. The number of terminal acetylenes is 1. The van der Waals surface area contributed by atoms with Gasteiger partial charge >= 0.3 is 0 Å². The molecule has 1 atom stereocenters. The maximum Gasteiger partial charge on any atom is 0.153 e. The number of ketones is 1. The average molecular weight is 139 g/mol. The van der Waals surface area contributed by atoms with Gasteiger partial charge in [-0.05, 0) is 0 Å². The molecular formula is C8H13NO. The van der Waals surface area contributed by atoms with Gasteiger partial charge in [-0.2, -0.15) is 0 Å². The monoisotopic (exact) mass is 139 g/mol. The molecule has 2 heteroatoms. The van der Waals surface area contributed by atoms with Crippen molar-refractivity contribution in [3.05, 3.63) is 0 Å². The standard InChI is InChI=1S/C8H13NO/c1-4-5-7(9)8(10)6(2)3/h1,6-7H,5,9H2,2-3H3. The Hall–Kier alpha value is -0.810. The molecule has 10 heavy (non-hydrogen) atoms. The fraction of sp³-hybridized carbons (Fsp3) is 0.625. The zero-order valence-corrected chi connectivity index (χ0v) is 6.42. The maximum atomic E-state index is 11.0. The highest BCUT2D eigenvalue weighted by molar-refractivity contribution is 5.85. The molecule has 0 saturated carbocycles. The van der Waals surface area contributed by atoms with Crippen molar-refractivity contribution in [2.24, 2.45) is 11.7 Å². The fourth-order valence-corrected chi connectivity index (χ4v) is 0.656. The van der Waals surface area contributed by atoms with Crippen molar-refractivity contribution < 1.29 is 4.79 Å². The summed E-state index contributed by atoms with van der Waals surface area (Å²) in [6, 6.07) is -0.468. The van der Waals surface area contributed by atoms with Gasteiger partial charge in [-0.15, -0.1) is 12.3 Å². The van der Waals surface area contributed by atoms with Gasteiger partial charge in [0, 0.05) is 12.3 Å². The summed E-state index contributed by atoms with van der Waals surface area (Å²) in [5.74, 6) is 2.39. The van der Waals surface area contributed by atoms with Gasteiger partial charge in [0.25, 0.3) is 0 Å². The smallest absolute Gasteiger partial charge is 0.153 e. The van der Waals surface area contributed by atoms with E-state index in [1.807, 2.05) is 13.8 Å². The maximum absolute atomic E-state index is 11.0. The van der Waals surface area contributed by atoms with Crippen LogP contribution >= 0.6 is 0 Å². The Labute approximate surface area is 61.8 Å². The molecule has 0 fully saturated rings. The van der Waals surface area contributed by atoms with Gasteiger partial charge in [-0.25, -0.2) is 0 Å². The van der Waals surface area contributed by atoms with Crippen LogP contribution in [0.2, 0.25) is 0 Å². The zero-order valence-electron chi connectivity index (χ0n) is 6.42. The summed E-state index contributed by atoms with van der Waals surface area (Å²) in [6.07, 6.45) is 5.33. The molecular weight excluding hydrogens is 126 g/mol. The van der Waals surface area contributed by atoms with Crippen molar-refractivity contribution in [2.45, 2.75) is 26.3 Å². The third-order valence-electron chi connectivity index (χ3n) is 1.27. The molecule has 2 nitrogen and oxygen atoms in total. The molecule has 0 aliphatic rings. The number of Topliss-reactive ketones (excluding diaryl/α,β-unsaturated/α-hetero) is 1. The summed E-state index contributed by atoms with van der Waals surface area (Å²) in [5.41, 5.74) is 5.44. The molecule has 0 amide bonds. The Morgan fingerprint density at radius 1 is 1.70 bits per heavy atom. The molecule has 0 aromatic carbocycles. The van der Waals surface area contributed by atoms with E-state index in [1.165, 1.54) is 0 Å². The second-order valence-electron chi connectivity index (χ2n) is 2.57. The van der Waals surface area contributed by atoms with Gasteiger partial charge in [0.05, 0.1) is 6.04 Å². The van der Waals surface area contributed by atoms with Gasteiger partial charge in [0.2, 0.25) is 0 Å². The molecule has 1 unspecified atom stereocenters. The van der Waals surface area contributed by atoms with Gasteiger partial charge in [-0.1, -0.05) is 13.8 Å². The van der Waals surface area contributed by atoms with E-state index >= 15 is 0 Å². The number of hydrogen-bond donors (Lipinski definition) is 1. The van der Waals surface area contributed by atoms with Gasteiger partial charge < -0.3 is 5.73 Å². The van der Waals surface area contributed by atoms with Crippen LogP contribution in [-0.2, 0) is 4.79 Å². The quantitative estimate of drug-likeness (QED) is 0.581. The molecule has 0 aromatic heterocycles. The average Bonchev–Trinajstić information content (AvgIpc) is 1.87. The van der Waals surface area contributed by atoms with Crippen molar-refractivity contribution in [2.75, 3.05) is 0 Å². The normalized spacial score (nSPS) is 12.7. The van der Waals surface area contributed by atoms with Crippen LogP contribution in [-0.4, -0.2) is 11.8 Å². The molecule has 0 rings (SSSR count). The predicted octanol–water partition coefficient (Wildman–Crippen LogP) is 0.562. The lowest BCUT2D eigenvalue weighted by molar-refractivity contribution is -0.123. The van der Waals surface area contributed by atoms with E-state index < -0.39 is 6.04 Å². The molecule has 0 aromatic rings. The van der Waals surface area contributed by atoms with Crippen molar-refractivity contribution >= 4 is 5.78 Å². The molecule has 0 radical (unpaired) electrons. The summed E-state index contributed by atoms with van der Waals surface area (Å²) in [4.78, 5) is 11.0. The van der Waals surface area contributed by atoms with Crippen LogP contribution in [0, 0.1) is 18.3 Å². The number of nitrogens with two attached hydrogens (primary N) is 1. The fourth-order valence-electron chi connectivity index (χ4n) is 0.656. The first-order chi connectivity index (χ1) is 4.59. The number of carbonyl (C=O) groups excluding carboxylic acids is 1. The van der Waals surface area contributed by atoms with E-state index in [0.717, 1.165) is 0 Å². The summed E-state index contributed by atoms with van der Waals surface area (Å²) >= 11 is 0. The lowest BCUT2D eigenvalue weighted by Gasteiger charge is -2.08. The third-order valence-corrected chi connectivity index (χ3v) is 1.27. The van der Waals surface area contributed by atoms with E-state index in [4.69, 9.17) is 12.2 Å². The summed E-state index contributed by atoms with van der Waals surface area (Å²) in [5, 5.41) is 0. The predicted molar refractivity (Wildman–Crippen MR) is 41.3 cm³/mol. The number of hydrogen-bond acceptors (Lipinski definition) is 2. The highest BCUT2D eigenvalue weighted by atomic mass is 16.1. The van der Waals surface area contributed by atoms with Gasteiger partial charge in [0.15, 0.2) is 5.78 Å². The van der Waals surface area contributed by atoms with Crippen LogP contribution in [0.15, 0.2) is 0 Å².